The third-order valence-electron chi connectivity index (χ3n) is 6.02. The van der Waals surface area contributed by atoms with Gasteiger partial charge in [0.05, 0.1) is 4.88 Å². The molecule has 0 radical (unpaired) electrons. The van der Waals surface area contributed by atoms with Crippen molar-refractivity contribution >= 4 is 34.6 Å². The Kier molecular flexibility index (Phi) is 6.07. The van der Waals surface area contributed by atoms with E-state index in [-0.39, 0.29) is 0 Å². The van der Waals surface area contributed by atoms with E-state index in [0.29, 0.717) is 11.4 Å². The number of aliphatic imine (C=N–C) groups is 1. The van der Waals surface area contributed by atoms with E-state index < -0.39 is 5.91 Å². The number of nitrogens with one attached hydrogen (secondary N) is 1. The highest BCUT2D eigenvalue weighted by molar-refractivity contribution is 7.12. The number of carbonyl (C=O) groups is 1. The molecule has 1 aromatic heterocycles. The number of hydrogen-bond donors (Lipinski definition) is 2. The van der Waals surface area contributed by atoms with Gasteiger partial charge in [-0.3, -0.25) is 14.7 Å². The number of allylic oxidation sites excluding steroid dienone is 1. The Labute approximate surface area is 191 Å². The number of hydrogen-bond acceptors (Lipinski definition) is 7. The summed E-state index contributed by atoms with van der Waals surface area (Å²) in [6.45, 7) is 4.74. The first kappa shape index (κ1) is 20.9. The van der Waals surface area contributed by atoms with Crippen LogP contribution in [0.15, 0.2) is 52.7 Å². The number of piperidine rings is 1. The van der Waals surface area contributed by atoms with Gasteiger partial charge in [-0.05, 0) is 60.6 Å². The number of amides is 1. The van der Waals surface area contributed by atoms with Gasteiger partial charge >= 0.3 is 0 Å². The summed E-state index contributed by atoms with van der Waals surface area (Å²) in [5.74, 6) is 1.34. The lowest BCUT2D eigenvalue weighted by atomic mass is 10.1. The highest BCUT2D eigenvalue weighted by atomic mass is 32.1. The Morgan fingerprint density at radius 3 is 2.72 bits per heavy atom. The SMILES string of the molecule is NC(=O)c1cc(C2=C3N=CC(c4ccc(OCCN5CCCCC5)cc4)=CN3NC2)cs1. The maximum Gasteiger partial charge on any atom is 0.258 e. The van der Waals surface area contributed by atoms with Crippen molar-refractivity contribution in [2.24, 2.45) is 10.7 Å². The number of primary amides is 1. The third-order valence-corrected chi connectivity index (χ3v) is 6.97. The van der Waals surface area contributed by atoms with Crippen molar-refractivity contribution in [2.45, 2.75) is 19.3 Å². The fraction of sp³-hybridized carbons (Fsp3) is 0.333. The summed E-state index contributed by atoms with van der Waals surface area (Å²) in [6, 6.07) is 10.0. The average Bonchev–Trinajstić information content (AvgIpc) is 3.47. The van der Waals surface area contributed by atoms with E-state index >= 15 is 0 Å². The first-order chi connectivity index (χ1) is 15.7. The largest absolute Gasteiger partial charge is 0.492 e. The highest BCUT2D eigenvalue weighted by Crippen LogP contribution is 2.32. The fourth-order valence-corrected chi connectivity index (χ4v) is 5.01. The Bertz CT molecular complexity index is 1080. The molecule has 0 spiro atoms. The molecule has 3 aliphatic rings. The molecule has 0 unspecified atom stereocenters. The van der Waals surface area contributed by atoms with Gasteiger partial charge in [-0.2, -0.15) is 0 Å². The zero-order chi connectivity index (χ0) is 21.9. The van der Waals surface area contributed by atoms with Crippen molar-refractivity contribution in [2.75, 3.05) is 32.8 Å². The molecule has 2 aromatic rings. The average molecular weight is 450 g/mol. The quantitative estimate of drug-likeness (QED) is 0.678. The van der Waals surface area contributed by atoms with Crippen molar-refractivity contribution in [1.29, 1.82) is 0 Å². The van der Waals surface area contributed by atoms with Crippen LogP contribution in [-0.2, 0) is 0 Å². The van der Waals surface area contributed by atoms with Crippen LogP contribution in [0.2, 0.25) is 0 Å². The van der Waals surface area contributed by atoms with E-state index in [1.807, 2.05) is 41.0 Å². The van der Waals surface area contributed by atoms with Gasteiger partial charge in [0.15, 0.2) is 5.82 Å². The van der Waals surface area contributed by atoms with E-state index in [1.165, 1.54) is 43.7 Å². The zero-order valence-corrected chi connectivity index (χ0v) is 18.7. The number of carbonyl (C=O) groups excluding carboxylic acids is 1. The molecule has 1 aromatic carbocycles. The molecule has 4 heterocycles. The Hall–Kier alpha value is -2.94. The standard InChI is InChI=1S/C24H27N5O2S/c25-23(30)22-12-18(16-32-22)21-14-27-29-15-19(13-26-24(21)29)17-4-6-20(7-5-17)31-11-10-28-8-2-1-3-9-28/h4-7,12-13,15-16,27H,1-3,8-11,14H2,(H2,25,30). The zero-order valence-electron chi connectivity index (χ0n) is 17.9. The lowest BCUT2D eigenvalue weighted by Gasteiger charge is -2.26. The summed E-state index contributed by atoms with van der Waals surface area (Å²) < 4.78 is 5.95. The van der Waals surface area contributed by atoms with Crippen LogP contribution in [-0.4, -0.2) is 54.8 Å². The van der Waals surface area contributed by atoms with Crippen LogP contribution in [0.3, 0.4) is 0 Å². The number of nitrogens with two attached hydrogens (primary N) is 1. The maximum atomic E-state index is 11.4. The van der Waals surface area contributed by atoms with Crippen molar-refractivity contribution in [3.05, 3.63) is 63.7 Å². The van der Waals surface area contributed by atoms with E-state index in [4.69, 9.17) is 10.5 Å². The Morgan fingerprint density at radius 2 is 1.97 bits per heavy atom. The Balaban J connectivity index is 1.22. The number of benzene rings is 1. The normalized spacial score (nSPS) is 18.6. The summed E-state index contributed by atoms with van der Waals surface area (Å²) in [7, 11) is 0. The fourth-order valence-electron chi connectivity index (χ4n) is 4.24. The van der Waals surface area contributed by atoms with Crippen LogP contribution in [0.4, 0.5) is 0 Å². The minimum Gasteiger partial charge on any atom is -0.492 e. The molecular weight excluding hydrogens is 422 g/mol. The molecule has 3 aliphatic heterocycles. The molecule has 166 valence electrons. The molecule has 8 heteroatoms. The lowest BCUT2D eigenvalue weighted by molar-refractivity contribution is 0.100. The number of rotatable bonds is 7. The molecule has 5 rings (SSSR count). The molecule has 0 saturated carbocycles. The summed E-state index contributed by atoms with van der Waals surface area (Å²) in [5.41, 5.74) is 12.9. The second-order valence-corrected chi connectivity index (χ2v) is 9.10. The van der Waals surface area contributed by atoms with E-state index in [0.717, 1.165) is 47.0 Å². The van der Waals surface area contributed by atoms with Crippen LogP contribution in [0.1, 0.15) is 40.1 Å². The van der Waals surface area contributed by atoms with E-state index in [2.05, 4.69) is 27.5 Å². The Morgan fingerprint density at radius 1 is 1.16 bits per heavy atom. The van der Waals surface area contributed by atoms with Gasteiger partial charge in [-0.1, -0.05) is 18.6 Å². The molecule has 0 atom stereocenters. The van der Waals surface area contributed by atoms with Crippen LogP contribution < -0.4 is 15.9 Å². The molecular formula is C24H27N5O2S. The van der Waals surface area contributed by atoms with Crippen molar-refractivity contribution in [3.63, 3.8) is 0 Å². The van der Waals surface area contributed by atoms with Gasteiger partial charge in [0.2, 0.25) is 0 Å². The minimum absolute atomic E-state index is 0.400. The number of fused-ring (bicyclic) bond motifs is 1. The number of ether oxygens (including phenoxy) is 1. The highest BCUT2D eigenvalue weighted by Gasteiger charge is 2.25. The number of nitrogens with zero attached hydrogens (tertiary/aromatic N) is 3. The van der Waals surface area contributed by atoms with Gasteiger partial charge in [0, 0.05) is 36.7 Å². The van der Waals surface area contributed by atoms with Crippen molar-refractivity contribution in [1.82, 2.24) is 15.3 Å². The smallest absolute Gasteiger partial charge is 0.258 e. The van der Waals surface area contributed by atoms with Crippen LogP contribution in [0, 0.1) is 0 Å². The summed E-state index contributed by atoms with van der Waals surface area (Å²) >= 11 is 1.36. The first-order valence-electron chi connectivity index (χ1n) is 11.0. The lowest BCUT2D eigenvalue weighted by Crippen LogP contribution is -2.33. The second kappa shape index (κ2) is 9.28. The van der Waals surface area contributed by atoms with Gasteiger partial charge in [-0.15, -0.1) is 11.3 Å². The number of hydrazine groups is 1. The predicted molar refractivity (Wildman–Crippen MR) is 128 cm³/mol. The molecule has 7 nitrogen and oxygen atoms in total. The number of likely N-dealkylation sites (tertiary alicyclic amines) is 1. The van der Waals surface area contributed by atoms with Gasteiger partial charge in [0.25, 0.3) is 5.91 Å². The summed E-state index contributed by atoms with van der Waals surface area (Å²) in [6.07, 6.45) is 7.89. The van der Waals surface area contributed by atoms with Crippen LogP contribution in [0.25, 0.3) is 11.1 Å². The summed E-state index contributed by atoms with van der Waals surface area (Å²) in [4.78, 5) is 19.1. The second-order valence-electron chi connectivity index (χ2n) is 8.19. The molecule has 1 amide bonds. The van der Waals surface area contributed by atoms with Crippen LogP contribution in [0.5, 0.6) is 5.75 Å². The third kappa shape index (κ3) is 4.48. The molecule has 0 bridgehead atoms. The number of thiophene rings is 1. The summed E-state index contributed by atoms with van der Waals surface area (Å²) in [5, 5.41) is 3.89. The minimum atomic E-state index is -0.400. The van der Waals surface area contributed by atoms with E-state index in [9.17, 15) is 4.79 Å². The molecule has 1 saturated heterocycles. The predicted octanol–water partition coefficient (Wildman–Crippen LogP) is 3.33. The first-order valence-corrected chi connectivity index (χ1v) is 11.9. The molecule has 0 aliphatic carbocycles. The van der Waals surface area contributed by atoms with Crippen molar-refractivity contribution in [3.8, 4) is 5.75 Å². The molecule has 3 N–H and O–H groups in total. The van der Waals surface area contributed by atoms with Crippen LogP contribution >= 0.6 is 11.3 Å². The molecule has 32 heavy (non-hydrogen) atoms. The topological polar surface area (TPSA) is 83.2 Å². The molecule has 1 fully saturated rings. The van der Waals surface area contributed by atoms with E-state index in [1.54, 1.807) is 0 Å². The maximum absolute atomic E-state index is 11.4. The van der Waals surface area contributed by atoms with Crippen molar-refractivity contribution < 1.29 is 9.53 Å². The monoisotopic (exact) mass is 449 g/mol. The van der Waals surface area contributed by atoms with Gasteiger partial charge in [0.1, 0.15) is 12.4 Å². The van der Waals surface area contributed by atoms with Gasteiger partial charge in [-0.25, -0.2) is 10.4 Å². The van der Waals surface area contributed by atoms with Gasteiger partial charge < -0.3 is 10.5 Å².